The van der Waals surface area contributed by atoms with Crippen LogP contribution in [0.15, 0.2) is 77.9 Å². The Bertz CT molecular complexity index is 1590. The average Bonchev–Trinajstić information content (AvgIpc) is 2.98. The van der Waals surface area contributed by atoms with Gasteiger partial charge < -0.3 is 9.84 Å². The number of ether oxygens (including phenoxy) is 1. The van der Waals surface area contributed by atoms with Gasteiger partial charge in [-0.3, -0.25) is 14.5 Å². The Morgan fingerprint density at radius 2 is 1.77 bits per heavy atom. The number of aliphatic carboxylic acids is 1. The maximum atomic E-state index is 12.5. The van der Waals surface area contributed by atoms with Crippen molar-refractivity contribution in [1.82, 2.24) is 24.6 Å². The molecule has 10 heteroatoms. The van der Waals surface area contributed by atoms with Crippen LogP contribution in [-0.4, -0.2) is 62.0 Å². The van der Waals surface area contributed by atoms with E-state index in [1.807, 2.05) is 35.2 Å². The van der Waals surface area contributed by atoms with Crippen LogP contribution in [0.3, 0.4) is 0 Å². The predicted molar refractivity (Wildman–Crippen MR) is 148 cm³/mol. The second-order valence-electron chi connectivity index (χ2n) is 9.77. The van der Waals surface area contributed by atoms with E-state index in [0.717, 1.165) is 42.6 Å². The minimum absolute atomic E-state index is 0.0848. The van der Waals surface area contributed by atoms with Crippen LogP contribution >= 0.6 is 0 Å². The van der Waals surface area contributed by atoms with Crippen LogP contribution in [0.25, 0.3) is 22.6 Å². The number of hydrogen-bond donors (Lipinski definition) is 1. The van der Waals surface area contributed by atoms with Gasteiger partial charge in [0.25, 0.3) is 5.56 Å². The Hall–Kier alpha value is -4.88. The van der Waals surface area contributed by atoms with Gasteiger partial charge in [0.1, 0.15) is 0 Å². The first-order valence-electron chi connectivity index (χ1n) is 13.0. The maximum Gasteiger partial charge on any atom is 0.317 e. The third kappa shape index (κ3) is 6.76. The molecule has 1 saturated heterocycles. The molecule has 0 unspecified atom stereocenters. The van der Waals surface area contributed by atoms with E-state index in [-0.39, 0.29) is 18.6 Å². The standard InChI is InChI=1S/C30H28N6O4/c31-15-22-3-1-5-24(13-22)27-7-8-28(37)36(34-27)18-23-4-2-6-25(14-23)30-32-16-26(17-33-30)40-20-21-9-11-35(12-10-21)19-29(38)39/h1-8,13-14,16-17,21H,9-12,18-20H2,(H,38,39). The van der Waals surface area contributed by atoms with Crippen molar-refractivity contribution in [2.45, 2.75) is 19.4 Å². The van der Waals surface area contributed by atoms with E-state index >= 15 is 0 Å². The molecule has 0 atom stereocenters. The summed E-state index contributed by atoms with van der Waals surface area (Å²) in [5, 5.41) is 22.7. The van der Waals surface area contributed by atoms with E-state index in [1.165, 1.54) is 10.7 Å². The lowest BCUT2D eigenvalue weighted by Crippen LogP contribution is -2.38. The number of piperidine rings is 1. The number of aromatic nitrogens is 4. The van der Waals surface area contributed by atoms with Crippen molar-refractivity contribution in [2.24, 2.45) is 5.92 Å². The number of likely N-dealkylation sites (tertiary alicyclic amines) is 1. The number of benzene rings is 2. The lowest BCUT2D eigenvalue weighted by atomic mass is 9.98. The maximum absolute atomic E-state index is 12.5. The Morgan fingerprint density at radius 1 is 1.02 bits per heavy atom. The third-order valence-corrected chi connectivity index (χ3v) is 6.85. The van der Waals surface area contributed by atoms with Crippen molar-refractivity contribution >= 4 is 5.97 Å². The fraction of sp³-hybridized carbons (Fsp3) is 0.267. The molecule has 1 N–H and O–H groups in total. The molecule has 0 bridgehead atoms. The smallest absolute Gasteiger partial charge is 0.317 e. The normalized spacial score (nSPS) is 14.0. The highest BCUT2D eigenvalue weighted by Gasteiger charge is 2.21. The average molecular weight is 537 g/mol. The number of carboxylic acid groups (broad SMARTS) is 1. The van der Waals surface area contributed by atoms with Gasteiger partial charge in [-0.1, -0.05) is 30.3 Å². The van der Waals surface area contributed by atoms with Gasteiger partial charge in [-0.25, -0.2) is 14.6 Å². The van der Waals surface area contributed by atoms with Crippen LogP contribution in [0.4, 0.5) is 0 Å². The Balaban J connectivity index is 1.22. The van der Waals surface area contributed by atoms with Crippen molar-refractivity contribution in [1.29, 1.82) is 5.26 Å². The first-order chi connectivity index (χ1) is 19.5. The Morgan fingerprint density at radius 3 is 2.52 bits per heavy atom. The quantitative estimate of drug-likeness (QED) is 0.341. The molecule has 3 heterocycles. The van der Waals surface area contributed by atoms with Gasteiger partial charge in [0.05, 0.1) is 49.4 Å². The van der Waals surface area contributed by atoms with Gasteiger partial charge in [-0.15, -0.1) is 0 Å². The summed E-state index contributed by atoms with van der Waals surface area (Å²) in [6.07, 6.45) is 5.09. The third-order valence-electron chi connectivity index (χ3n) is 6.85. The highest BCUT2D eigenvalue weighted by molar-refractivity contribution is 5.69. The van der Waals surface area contributed by atoms with Gasteiger partial charge in [0.2, 0.25) is 0 Å². The molecule has 2 aromatic carbocycles. The summed E-state index contributed by atoms with van der Waals surface area (Å²) in [6.45, 7) is 2.41. The van der Waals surface area contributed by atoms with E-state index in [4.69, 9.17) is 9.84 Å². The van der Waals surface area contributed by atoms with E-state index < -0.39 is 5.97 Å². The molecule has 40 heavy (non-hydrogen) atoms. The largest absolute Gasteiger partial charge is 0.490 e. The zero-order valence-corrected chi connectivity index (χ0v) is 21.8. The highest BCUT2D eigenvalue weighted by atomic mass is 16.5. The highest BCUT2D eigenvalue weighted by Crippen LogP contribution is 2.22. The molecule has 1 aliphatic rings. The fourth-order valence-electron chi connectivity index (χ4n) is 4.70. The van der Waals surface area contributed by atoms with Crippen molar-refractivity contribution in [3.63, 3.8) is 0 Å². The molecule has 0 aliphatic carbocycles. The van der Waals surface area contributed by atoms with Crippen molar-refractivity contribution in [3.05, 3.63) is 94.5 Å². The molecule has 2 aromatic heterocycles. The van der Waals surface area contributed by atoms with Gasteiger partial charge >= 0.3 is 5.97 Å². The van der Waals surface area contributed by atoms with Crippen LogP contribution in [-0.2, 0) is 11.3 Å². The monoisotopic (exact) mass is 536 g/mol. The molecule has 202 valence electrons. The van der Waals surface area contributed by atoms with Gasteiger partial charge in [-0.2, -0.15) is 10.4 Å². The van der Waals surface area contributed by atoms with Crippen LogP contribution in [0.1, 0.15) is 24.0 Å². The lowest BCUT2D eigenvalue weighted by molar-refractivity contribution is -0.138. The second-order valence-corrected chi connectivity index (χ2v) is 9.77. The number of carboxylic acids is 1. The second kappa shape index (κ2) is 12.3. The van der Waals surface area contributed by atoms with Crippen LogP contribution in [0.5, 0.6) is 5.75 Å². The lowest BCUT2D eigenvalue weighted by Gasteiger charge is -2.30. The molecular weight excluding hydrogens is 508 g/mol. The molecule has 5 rings (SSSR count). The Kier molecular flexibility index (Phi) is 8.23. The minimum atomic E-state index is -0.795. The molecule has 0 radical (unpaired) electrons. The molecule has 0 spiro atoms. The van der Waals surface area contributed by atoms with Crippen LogP contribution in [0, 0.1) is 17.2 Å². The van der Waals surface area contributed by atoms with E-state index in [9.17, 15) is 14.9 Å². The molecule has 1 fully saturated rings. The first kappa shape index (κ1) is 26.7. The number of hydrogen-bond acceptors (Lipinski definition) is 8. The molecule has 10 nitrogen and oxygen atoms in total. The van der Waals surface area contributed by atoms with E-state index in [2.05, 4.69) is 21.1 Å². The van der Waals surface area contributed by atoms with Crippen LogP contribution in [0.2, 0.25) is 0 Å². The number of nitrogens with zero attached hydrogens (tertiary/aromatic N) is 6. The topological polar surface area (TPSA) is 134 Å². The molecule has 1 aliphatic heterocycles. The number of carbonyl (C=O) groups is 1. The summed E-state index contributed by atoms with van der Waals surface area (Å²) in [5.41, 5.74) is 3.35. The first-order valence-corrected chi connectivity index (χ1v) is 13.0. The van der Waals surface area contributed by atoms with Gasteiger partial charge in [0.15, 0.2) is 11.6 Å². The van der Waals surface area contributed by atoms with E-state index in [1.54, 1.807) is 36.7 Å². The SMILES string of the molecule is N#Cc1cccc(-c2ccc(=O)n(Cc3cccc(-c4ncc(OCC5CCN(CC(=O)O)CC5)cn4)c3)n2)c1. The number of rotatable bonds is 9. The minimum Gasteiger partial charge on any atom is -0.490 e. The summed E-state index contributed by atoms with van der Waals surface area (Å²) < 4.78 is 7.31. The molecule has 4 aromatic rings. The summed E-state index contributed by atoms with van der Waals surface area (Å²) in [7, 11) is 0. The van der Waals surface area contributed by atoms with Crippen molar-refractivity contribution in [3.8, 4) is 34.5 Å². The van der Waals surface area contributed by atoms with Gasteiger partial charge in [-0.05, 0) is 61.7 Å². The summed E-state index contributed by atoms with van der Waals surface area (Å²) in [5.74, 6) is 0.697. The number of nitriles is 1. The zero-order chi connectivity index (χ0) is 27.9. The van der Waals surface area contributed by atoms with Gasteiger partial charge in [0, 0.05) is 17.2 Å². The fourth-order valence-corrected chi connectivity index (χ4v) is 4.70. The zero-order valence-electron chi connectivity index (χ0n) is 21.8. The molecular formula is C30H28N6O4. The van der Waals surface area contributed by atoms with Crippen LogP contribution < -0.4 is 10.3 Å². The van der Waals surface area contributed by atoms with Crippen molar-refractivity contribution in [2.75, 3.05) is 26.2 Å². The summed E-state index contributed by atoms with van der Waals surface area (Å²) in [4.78, 5) is 34.3. The summed E-state index contributed by atoms with van der Waals surface area (Å²) in [6, 6.07) is 20.0. The Labute approximate surface area is 231 Å². The predicted octanol–water partition coefficient (Wildman–Crippen LogP) is 3.46. The summed E-state index contributed by atoms with van der Waals surface area (Å²) >= 11 is 0. The molecule has 0 saturated carbocycles. The molecule has 0 amide bonds. The van der Waals surface area contributed by atoms with Crippen molar-refractivity contribution < 1.29 is 14.6 Å². The van der Waals surface area contributed by atoms with E-state index in [0.29, 0.717) is 35.4 Å².